The fourth-order valence-electron chi connectivity index (χ4n) is 6.91. The monoisotopic (exact) mass is 991 g/mol. The van der Waals surface area contributed by atoms with Crippen molar-refractivity contribution < 1.29 is 62.9 Å². The smallest absolute Gasteiger partial charge is 0.326 e. The molecule has 386 valence electrons. The van der Waals surface area contributed by atoms with E-state index in [1.807, 2.05) is 0 Å². The number of aliphatic imine (C=N–C) groups is 1. The summed E-state index contributed by atoms with van der Waals surface area (Å²) in [5.41, 5.74) is 19.8. The minimum Gasteiger partial charge on any atom is -0.480 e. The second-order valence-electron chi connectivity index (χ2n) is 16.2. The van der Waals surface area contributed by atoms with Gasteiger partial charge in [-0.25, -0.2) is 4.79 Å². The molecule has 1 aromatic carbocycles. The molecule has 1 heterocycles. The van der Waals surface area contributed by atoms with Crippen molar-refractivity contribution in [3.8, 4) is 0 Å². The lowest BCUT2D eigenvalue weighted by atomic mass is 9.98. The lowest BCUT2D eigenvalue weighted by molar-refractivity contribution is -0.393. The Balaban J connectivity index is 2.06. The Morgan fingerprint density at radius 2 is 1.34 bits per heavy atom. The average molecular weight is 992 g/mol. The molecule has 0 spiro atoms. The van der Waals surface area contributed by atoms with E-state index in [1.54, 1.807) is 13.8 Å². The van der Waals surface area contributed by atoms with Crippen LogP contribution >= 0.6 is 0 Å². The predicted octanol–water partition coefficient (Wildman–Crippen LogP) is -4.14. The molecular weight excluding hydrogens is 931 g/mol. The van der Waals surface area contributed by atoms with E-state index in [1.165, 1.54) is 11.8 Å². The highest BCUT2D eigenvalue weighted by atomic mass is 16.6. The van der Waals surface area contributed by atoms with E-state index in [0.29, 0.717) is 12.8 Å². The van der Waals surface area contributed by atoms with Gasteiger partial charge in [0.05, 0.1) is 29.0 Å². The zero-order valence-electron chi connectivity index (χ0n) is 38.7. The zero-order valence-corrected chi connectivity index (χ0v) is 38.7. The Morgan fingerprint density at radius 1 is 0.757 bits per heavy atom. The number of guanidine groups is 1. The lowest BCUT2D eigenvalue weighted by Crippen LogP contribution is -2.57. The number of nitro benzene ring substituents is 2. The van der Waals surface area contributed by atoms with Crippen molar-refractivity contribution in [2.24, 2.45) is 33.8 Å². The minimum atomic E-state index is -1.45. The van der Waals surface area contributed by atoms with Crippen molar-refractivity contribution in [1.82, 2.24) is 37.2 Å². The van der Waals surface area contributed by atoms with E-state index in [2.05, 4.69) is 42.2 Å². The summed E-state index contributed by atoms with van der Waals surface area (Å²) in [6, 6.07) is -5.03. The van der Waals surface area contributed by atoms with Gasteiger partial charge in [-0.05, 0) is 57.4 Å². The first kappa shape index (κ1) is 57.9. The molecule has 0 radical (unpaired) electrons. The number of nitrogens with one attached hydrogen (secondary N) is 7. The van der Waals surface area contributed by atoms with E-state index in [0.717, 1.165) is 18.2 Å². The van der Waals surface area contributed by atoms with Crippen LogP contribution in [0.4, 0.5) is 17.1 Å². The van der Waals surface area contributed by atoms with Gasteiger partial charge in [-0.1, -0.05) is 20.3 Å². The zero-order chi connectivity index (χ0) is 52.8. The van der Waals surface area contributed by atoms with Gasteiger partial charge < -0.3 is 70.2 Å². The number of non-ortho nitro benzene ring substituents is 1. The van der Waals surface area contributed by atoms with Gasteiger partial charge in [0, 0.05) is 32.0 Å². The number of carboxylic acids is 1. The van der Waals surface area contributed by atoms with Crippen LogP contribution in [-0.4, -0.2) is 142 Å². The number of carboxylic acid groups (broad SMARTS) is 1. The molecule has 7 atom stereocenters. The van der Waals surface area contributed by atoms with Gasteiger partial charge in [0.25, 0.3) is 11.4 Å². The maximum atomic E-state index is 13.6. The summed E-state index contributed by atoms with van der Waals surface area (Å²) in [5.74, 6) is -10.0. The molecule has 1 aliphatic rings. The number of carbonyl (C=O) groups excluding carboxylic acids is 9. The molecule has 1 aromatic rings. The molecule has 2 rings (SSSR count). The fraction of sp³-hybridized carbons (Fsp3) is 0.575. The summed E-state index contributed by atoms with van der Waals surface area (Å²) < 4.78 is 0. The number of anilines is 1. The van der Waals surface area contributed by atoms with E-state index in [9.17, 15) is 73.3 Å². The molecule has 0 aliphatic carbocycles. The summed E-state index contributed by atoms with van der Waals surface area (Å²) in [6.45, 7) is 3.32. The molecule has 0 bridgehead atoms. The SMILES string of the molecule is CCC(C)[C@H](NC(=O)CNC(=O)[C@H](CCC(N)=O)NC(=O)[C@@H]1CCCN1c1ccc([N+](=O)[O-])cc1[N+](=O)[O-])C(=O)N[C@@H](C)C(=O)NCC(=O)N[C@@H](CCC(N)=O)C(=O)N[C@H](CCCN=C(N)N)C(=O)O. The first-order valence-corrected chi connectivity index (χ1v) is 22.0. The lowest BCUT2D eigenvalue weighted by Gasteiger charge is -2.27. The van der Waals surface area contributed by atoms with Crippen LogP contribution in [0.15, 0.2) is 23.2 Å². The van der Waals surface area contributed by atoms with Crippen LogP contribution in [0.3, 0.4) is 0 Å². The average Bonchev–Trinajstić information content (AvgIpc) is 3.79. The molecule has 16 N–H and O–H groups in total. The molecule has 1 unspecified atom stereocenters. The maximum absolute atomic E-state index is 13.6. The molecule has 0 aromatic heterocycles. The quantitative estimate of drug-likeness (QED) is 0.0114. The Hall–Kier alpha value is -8.21. The Kier molecular flexibility index (Phi) is 23.3. The van der Waals surface area contributed by atoms with Crippen LogP contribution in [0.5, 0.6) is 0 Å². The van der Waals surface area contributed by atoms with Crippen molar-refractivity contribution in [3.05, 3.63) is 38.4 Å². The highest BCUT2D eigenvalue weighted by Crippen LogP contribution is 2.36. The molecule has 1 fully saturated rings. The van der Waals surface area contributed by atoms with Crippen molar-refractivity contribution in [3.63, 3.8) is 0 Å². The number of nitrogens with zero attached hydrogens (tertiary/aromatic N) is 4. The number of rotatable bonds is 30. The van der Waals surface area contributed by atoms with E-state index in [4.69, 9.17) is 22.9 Å². The van der Waals surface area contributed by atoms with Crippen molar-refractivity contribution in [1.29, 1.82) is 0 Å². The topological polar surface area (TPSA) is 481 Å². The fourth-order valence-corrected chi connectivity index (χ4v) is 6.91. The minimum absolute atomic E-state index is 0.0703. The summed E-state index contributed by atoms with van der Waals surface area (Å²) in [7, 11) is 0. The summed E-state index contributed by atoms with van der Waals surface area (Å²) >= 11 is 0. The molecule has 30 nitrogen and oxygen atoms in total. The van der Waals surface area contributed by atoms with Crippen molar-refractivity contribution in [2.75, 3.05) is 31.1 Å². The molecule has 0 saturated carbocycles. The van der Waals surface area contributed by atoms with Gasteiger partial charge in [0.1, 0.15) is 41.9 Å². The van der Waals surface area contributed by atoms with Gasteiger partial charge in [0.15, 0.2) is 5.96 Å². The molecular formula is C40H61N15O15. The number of nitrogens with two attached hydrogens (primary N) is 4. The van der Waals surface area contributed by atoms with Crippen LogP contribution in [0.25, 0.3) is 0 Å². The Labute approximate surface area is 399 Å². The van der Waals surface area contributed by atoms with Gasteiger partial charge in [-0.3, -0.25) is 68.4 Å². The van der Waals surface area contributed by atoms with Crippen LogP contribution in [0, 0.1) is 26.1 Å². The summed E-state index contributed by atoms with van der Waals surface area (Å²) in [5, 5.41) is 49.2. The molecule has 1 aliphatic heterocycles. The molecule has 70 heavy (non-hydrogen) atoms. The summed E-state index contributed by atoms with van der Waals surface area (Å²) in [6.07, 6.45) is -0.442. The molecule has 9 amide bonds. The molecule has 1 saturated heterocycles. The highest BCUT2D eigenvalue weighted by molar-refractivity contribution is 5.97. The third-order valence-corrected chi connectivity index (χ3v) is 10.8. The maximum Gasteiger partial charge on any atom is 0.326 e. The Bertz CT molecular complexity index is 2170. The van der Waals surface area contributed by atoms with Crippen molar-refractivity contribution in [2.45, 2.75) is 115 Å². The number of aliphatic carboxylic acids is 1. The largest absolute Gasteiger partial charge is 0.480 e. The molecule has 30 heteroatoms. The number of primary amides is 2. The third kappa shape index (κ3) is 19.2. The number of amides is 9. The van der Waals surface area contributed by atoms with Crippen LogP contribution in [-0.2, 0) is 47.9 Å². The van der Waals surface area contributed by atoms with Gasteiger partial charge in [-0.2, -0.15) is 0 Å². The third-order valence-electron chi connectivity index (χ3n) is 10.8. The van der Waals surface area contributed by atoms with E-state index in [-0.39, 0.29) is 69.7 Å². The van der Waals surface area contributed by atoms with Gasteiger partial charge in [0.2, 0.25) is 53.2 Å². The highest BCUT2D eigenvalue weighted by Gasteiger charge is 2.37. The standard InChI is InChI=1S/C40H61N15O15/c1-4-20(2)33(38(64)48-21(3)34(60)46-18-31(58)49-24(11-14-30(42)57)36(62)51-25(39(65)66)7-5-15-45-40(43)44)52-32(59)19-47-35(61)23(10-13-29(41)56)50-37(63)27-8-6-16-53(27)26-12-9-22(54(67)68)17-28(26)55(69)70/h9,12,17,20-21,23-25,27,33H,4-8,10-11,13-16,18-19H2,1-3H3,(H2,41,56)(H2,42,57)(H,46,60)(H,47,61)(H,48,64)(H,49,58)(H,50,63)(H,51,62)(H,52,59)(H,65,66)(H4,43,44,45)/t20?,21-,23-,24-,25+,27-,33-/m0/s1. The number of benzene rings is 1. The first-order valence-electron chi connectivity index (χ1n) is 22.0. The van der Waals surface area contributed by atoms with Gasteiger partial charge in [-0.15, -0.1) is 0 Å². The summed E-state index contributed by atoms with van der Waals surface area (Å²) in [4.78, 5) is 154. The predicted molar refractivity (Wildman–Crippen MR) is 245 cm³/mol. The Morgan fingerprint density at radius 3 is 1.89 bits per heavy atom. The van der Waals surface area contributed by atoms with E-state index < -0.39 is 136 Å². The number of nitro groups is 2. The van der Waals surface area contributed by atoms with E-state index >= 15 is 0 Å². The number of hydrogen-bond acceptors (Lipinski definition) is 16. The first-order chi connectivity index (χ1) is 32.9. The van der Waals surface area contributed by atoms with Crippen molar-refractivity contribution >= 4 is 82.2 Å². The number of hydrogen-bond donors (Lipinski definition) is 12. The normalized spacial score (nSPS) is 15.5. The van der Waals surface area contributed by atoms with Crippen LogP contribution in [0.2, 0.25) is 0 Å². The number of carbonyl (C=O) groups is 10. The van der Waals surface area contributed by atoms with Gasteiger partial charge >= 0.3 is 5.97 Å². The second-order valence-corrected chi connectivity index (χ2v) is 16.2. The van der Waals surface area contributed by atoms with Crippen LogP contribution in [0.1, 0.15) is 78.6 Å². The second kappa shape index (κ2) is 28.2. The van der Waals surface area contributed by atoms with Crippen LogP contribution < -0.4 is 65.1 Å².